The third kappa shape index (κ3) is 3.58. The second-order valence-corrected chi connectivity index (χ2v) is 5.52. The predicted octanol–water partition coefficient (Wildman–Crippen LogP) is 0.877. The van der Waals surface area contributed by atoms with Crippen molar-refractivity contribution in [1.82, 2.24) is 0 Å². The Labute approximate surface area is 101 Å². The predicted molar refractivity (Wildman–Crippen MR) is 60.9 cm³/mol. The highest BCUT2D eigenvalue weighted by Gasteiger charge is 2.47. The van der Waals surface area contributed by atoms with E-state index in [2.05, 4.69) is 0 Å². The number of nitrogens with two attached hydrogens (primary N) is 2. The zero-order valence-electron chi connectivity index (χ0n) is 10.7. The monoisotopic (exact) mass is 252 g/mol. The average Bonchev–Trinajstić information content (AvgIpc) is 2.16. The van der Waals surface area contributed by atoms with Crippen molar-refractivity contribution in [3.8, 4) is 0 Å². The first-order valence-corrected chi connectivity index (χ1v) is 5.76. The van der Waals surface area contributed by atoms with E-state index in [1.807, 2.05) is 0 Å². The largest absolute Gasteiger partial charge is 0.345 e. The molecule has 17 heavy (non-hydrogen) atoms. The SMILES string of the molecule is CC(N)C1O[C@H](OC(C)(C)C)[C@H](N)C(F)C1F. The van der Waals surface area contributed by atoms with Crippen LogP contribution >= 0.6 is 0 Å². The molecule has 0 aromatic rings. The van der Waals surface area contributed by atoms with Gasteiger partial charge in [-0.15, -0.1) is 0 Å². The molecule has 4 nitrogen and oxygen atoms in total. The van der Waals surface area contributed by atoms with E-state index in [-0.39, 0.29) is 0 Å². The Morgan fingerprint density at radius 3 is 2.18 bits per heavy atom. The average molecular weight is 252 g/mol. The summed E-state index contributed by atoms with van der Waals surface area (Å²) in [6.45, 7) is 6.94. The van der Waals surface area contributed by atoms with E-state index < -0.39 is 42.4 Å². The quantitative estimate of drug-likeness (QED) is 0.765. The van der Waals surface area contributed by atoms with E-state index in [1.165, 1.54) is 0 Å². The zero-order chi connectivity index (χ0) is 13.4. The van der Waals surface area contributed by atoms with Gasteiger partial charge >= 0.3 is 0 Å². The number of rotatable bonds is 2. The minimum absolute atomic E-state index is 0.548. The Morgan fingerprint density at radius 1 is 1.24 bits per heavy atom. The van der Waals surface area contributed by atoms with Crippen LogP contribution in [-0.2, 0) is 9.47 Å². The van der Waals surface area contributed by atoms with Gasteiger partial charge in [-0.25, -0.2) is 8.78 Å². The molecule has 1 saturated heterocycles. The number of hydrogen-bond donors (Lipinski definition) is 2. The fourth-order valence-electron chi connectivity index (χ4n) is 1.73. The van der Waals surface area contributed by atoms with E-state index in [4.69, 9.17) is 20.9 Å². The molecular weight excluding hydrogens is 230 g/mol. The van der Waals surface area contributed by atoms with Crippen LogP contribution in [0, 0.1) is 0 Å². The fourth-order valence-corrected chi connectivity index (χ4v) is 1.73. The molecule has 1 heterocycles. The van der Waals surface area contributed by atoms with E-state index in [1.54, 1.807) is 27.7 Å². The highest BCUT2D eigenvalue weighted by molar-refractivity contribution is 4.95. The summed E-state index contributed by atoms with van der Waals surface area (Å²) < 4.78 is 38.1. The van der Waals surface area contributed by atoms with E-state index in [9.17, 15) is 8.78 Å². The van der Waals surface area contributed by atoms with Gasteiger partial charge in [0.15, 0.2) is 18.6 Å². The van der Waals surface area contributed by atoms with Gasteiger partial charge in [0.05, 0.1) is 11.6 Å². The van der Waals surface area contributed by atoms with Gasteiger partial charge in [0.1, 0.15) is 6.10 Å². The Morgan fingerprint density at radius 2 is 1.76 bits per heavy atom. The highest BCUT2D eigenvalue weighted by Crippen LogP contribution is 2.29. The Balaban J connectivity index is 2.78. The Kier molecular flexibility index (Phi) is 4.46. The number of ether oxygens (including phenoxy) is 2. The van der Waals surface area contributed by atoms with Crippen molar-refractivity contribution in [3.05, 3.63) is 0 Å². The fraction of sp³-hybridized carbons (Fsp3) is 1.00. The molecular formula is C11H22F2N2O2. The first kappa shape index (κ1) is 14.8. The van der Waals surface area contributed by atoms with Gasteiger partial charge in [-0.2, -0.15) is 0 Å². The van der Waals surface area contributed by atoms with Crippen molar-refractivity contribution in [1.29, 1.82) is 0 Å². The van der Waals surface area contributed by atoms with Crippen molar-refractivity contribution in [2.24, 2.45) is 11.5 Å². The first-order valence-electron chi connectivity index (χ1n) is 5.76. The van der Waals surface area contributed by atoms with Crippen LogP contribution in [-0.4, -0.2) is 42.4 Å². The zero-order valence-corrected chi connectivity index (χ0v) is 10.7. The standard InChI is InChI=1S/C11H22F2N2O2/c1-5(14)9-7(13)6(12)8(15)10(16-9)17-11(2,3)4/h5-10H,14-15H2,1-4H3/t5?,6?,7?,8-,9?,10-/m1/s1. The van der Waals surface area contributed by atoms with E-state index >= 15 is 0 Å². The van der Waals surface area contributed by atoms with Crippen molar-refractivity contribution in [3.63, 3.8) is 0 Å². The minimum atomic E-state index is -1.83. The van der Waals surface area contributed by atoms with Crippen molar-refractivity contribution >= 4 is 0 Å². The summed E-state index contributed by atoms with van der Waals surface area (Å²) in [5.41, 5.74) is 10.6. The molecule has 4 N–H and O–H groups in total. The second-order valence-electron chi connectivity index (χ2n) is 5.52. The van der Waals surface area contributed by atoms with Gasteiger partial charge in [-0.3, -0.25) is 0 Å². The van der Waals surface area contributed by atoms with Gasteiger partial charge in [-0.05, 0) is 27.7 Å². The van der Waals surface area contributed by atoms with Crippen LogP contribution in [0.4, 0.5) is 8.78 Å². The first-order chi connectivity index (χ1) is 7.63. The van der Waals surface area contributed by atoms with Crippen LogP contribution < -0.4 is 11.5 Å². The third-order valence-corrected chi connectivity index (χ3v) is 2.58. The topological polar surface area (TPSA) is 70.5 Å². The number of alkyl halides is 2. The van der Waals surface area contributed by atoms with Crippen molar-refractivity contribution in [2.45, 2.75) is 70.1 Å². The smallest absolute Gasteiger partial charge is 0.176 e. The molecule has 1 aliphatic heterocycles. The van der Waals surface area contributed by atoms with Crippen molar-refractivity contribution in [2.75, 3.05) is 0 Å². The summed E-state index contributed by atoms with van der Waals surface area (Å²) in [6.07, 6.45) is -5.65. The summed E-state index contributed by atoms with van der Waals surface area (Å²) in [5, 5.41) is 0. The summed E-state index contributed by atoms with van der Waals surface area (Å²) >= 11 is 0. The minimum Gasteiger partial charge on any atom is -0.345 e. The number of hydrogen-bond acceptors (Lipinski definition) is 4. The molecule has 0 aromatic heterocycles. The van der Waals surface area contributed by atoms with Crippen LogP contribution in [0.25, 0.3) is 0 Å². The molecule has 0 radical (unpaired) electrons. The van der Waals surface area contributed by atoms with Gasteiger partial charge in [0.25, 0.3) is 0 Å². The molecule has 0 amide bonds. The summed E-state index contributed by atoms with van der Waals surface area (Å²) in [6, 6.07) is -1.76. The second kappa shape index (κ2) is 5.14. The van der Waals surface area contributed by atoms with Gasteiger partial charge in [0, 0.05) is 6.04 Å². The molecule has 1 aliphatic rings. The summed E-state index contributed by atoms with van der Waals surface area (Å²) in [5.74, 6) is 0. The molecule has 0 aromatic carbocycles. The molecule has 0 bridgehead atoms. The molecule has 0 aliphatic carbocycles. The maximum absolute atomic E-state index is 13.7. The lowest BCUT2D eigenvalue weighted by Crippen LogP contribution is -2.63. The number of halogens is 2. The highest BCUT2D eigenvalue weighted by atomic mass is 19.2. The lowest BCUT2D eigenvalue weighted by atomic mass is 9.96. The summed E-state index contributed by atoms with van der Waals surface area (Å²) in [7, 11) is 0. The Hall–Kier alpha value is -0.300. The normalized spacial score (nSPS) is 41.3. The van der Waals surface area contributed by atoms with Crippen LogP contribution in [0.1, 0.15) is 27.7 Å². The lowest BCUT2D eigenvalue weighted by Gasteiger charge is -2.42. The maximum atomic E-state index is 13.7. The van der Waals surface area contributed by atoms with E-state index in [0.29, 0.717) is 0 Å². The molecule has 6 atom stereocenters. The van der Waals surface area contributed by atoms with Crippen LogP contribution in [0.5, 0.6) is 0 Å². The molecule has 0 spiro atoms. The molecule has 0 saturated carbocycles. The molecule has 1 rings (SSSR count). The van der Waals surface area contributed by atoms with Gasteiger partial charge in [0.2, 0.25) is 0 Å². The molecule has 4 unspecified atom stereocenters. The van der Waals surface area contributed by atoms with Crippen LogP contribution in [0.3, 0.4) is 0 Å². The molecule has 102 valence electrons. The van der Waals surface area contributed by atoms with Crippen LogP contribution in [0.15, 0.2) is 0 Å². The lowest BCUT2D eigenvalue weighted by molar-refractivity contribution is -0.270. The third-order valence-electron chi connectivity index (χ3n) is 2.58. The van der Waals surface area contributed by atoms with Gasteiger partial charge in [-0.1, -0.05) is 0 Å². The molecule has 6 heteroatoms. The summed E-state index contributed by atoms with van der Waals surface area (Å²) in [4.78, 5) is 0. The van der Waals surface area contributed by atoms with Crippen molar-refractivity contribution < 1.29 is 18.3 Å². The van der Waals surface area contributed by atoms with Crippen LogP contribution in [0.2, 0.25) is 0 Å². The van der Waals surface area contributed by atoms with E-state index in [0.717, 1.165) is 0 Å². The van der Waals surface area contributed by atoms with Gasteiger partial charge < -0.3 is 20.9 Å². The molecule has 1 fully saturated rings. The maximum Gasteiger partial charge on any atom is 0.176 e. The Bertz CT molecular complexity index is 258.